The molecule has 3 nitrogen and oxygen atoms in total. The quantitative estimate of drug-likeness (QED) is 0.590. The normalized spacial score (nSPS) is 31.6. The first-order valence-corrected chi connectivity index (χ1v) is 7.54. The largest absolute Gasteiger partial charge is 0.478 e. The number of aliphatic hydroxyl groups is 1. The molecule has 0 aromatic heterocycles. The fraction of sp³-hybridized carbons (Fsp3) is 0.800. The van der Waals surface area contributed by atoms with Crippen molar-refractivity contribution in [3.63, 3.8) is 0 Å². The van der Waals surface area contributed by atoms with Gasteiger partial charge in [0, 0.05) is 5.57 Å². The Kier molecular flexibility index (Phi) is 4.71. The van der Waals surface area contributed by atoms with E-state index < -0.39 is 42.2 Å². The number of halogens is 6. The second kappa shape index (κ2) is 5.93. The third-order valence-electron chi connectivity index (χ3n) is 5.30. The van der Waals surface area contributed by atoms with Crippen molar-refractivity contribution in [3.8, 4) is 0 Å². The summed E-state index contributed by atoms with van der Waals surface area (Å²) in [5.41, 5.74) is -4.71. The average molecular weight is 360 g/mol. The first kappa shape index (κ1) is 19.1. The maximum Gasteiger partial charge on any atom is 0.426 e. The van der Waals surface area contributed by atoms with Gasteiger partial charge in [-0.1, -0.05) is 6.08 Å². The lowest BCUT2D eigenvalue weighted by molar-refractivity contribution is -0.373. The van der Waals surface area contributed by atoms with Gasteiger partial charge in [-0.15, -0.1) is 0 Å². The van der Waals surface area contributed by atoms with Crippen LogP contribution in [0.2, 0.25) is 0 Å². The number of hydrogen-bond acceptors (Lipinski definition) is 2. The molecule has 2 fully saturated rings. The summed E-state index contributed by atoms with van der Waals surface area (Å²) in [7, 11) is 0. The second-order valence-corrected chi connectivity index (χ2v) is 6.88. The molecule has 0 saturated heterocycles. The van der Waals surface area contributed by atoms with Crippen molar-refractivity contribution >= 4 is 5.97 Å². The highest BCUT2D eigenvalue weighted by atomic mass is 19.4. The van der Waals surface area contributed by atoms with E-state index >= 15 is 0 Å². The van der Waals surface area contributed by atoms with Gasteiger partial charge in [-0.2, -0.15) is 26.3 Å². The summed E-state index contributed by atoms with van der Waals surface area (Å²) < 4.78 is 77.1. The molecule has 4 atom stereocenters. The number of carboxylic acid groups (broad SMARTS) is 1. The van der Waals surface area contributed by atoms with Gasteiger partial charge >= 0.3 is 18.3 Å². The van der Waals surface area contributed by atoms with Gasteiger partial charge in [-0.3, -0.25) is 0 Å². The maximum absolute atomic E-state index is 12.8. The van der Waals surface area contributed by atoms with E-state index in [-0.39, 0.29) is 23.8 Å². The molecule has 2 saturated carbocycles. The van der Waals surface area contributed by atoms with Crippen LogP contribution in [0.4, 0.5) is 26.3 Å². The molecule has 0 heterocycles. The summed E-state index contributed by atoms with van der Waals surface area (Å²) in [6.07, 6.45) is -10.4. The Bertz CT molecular complexity index is 522. The SMILES string of the molecule is C/C(=C\C1CC2CC(CC(O)(C(F)(F)F)C(F)(F)F)C1C2)C(=O)O. The zero-order valence-electron chi connectivity index (χ0n) is 12.8. The summed E-state index contributed by atoms with van der Waals surface area (Å²) in [6, 6.07) is 0. The molecule has 0 radical (unpaired) electrons. The lowest BCUT2D eigenvalue weighted by atomic mass is 9.74. The average Bonchev–Trinajstić information content (AvgIpc) is 2.94. The molecular weight excluding hydrogens is 342 g/mol. The van der Waals surface area contributed by atoms with Gasteiger partial charge in [0.25, 0.3) is 5.60 Å². The summed E-state index contributed by atoms with van der Waals surface area (Å²) in [6.45, 7) is 1.34. The Hall–Kier alpha value is -1.25. The molecule has 9 heteroatoms. The van der Waals surface area contributed by atoms with Crippen molar-refractivity contribution in [3.05, 3.63) is 11.6 Å². The van der Waals surface area contributed by atoms with E-state index in [9.17, 15) is 36.2 Å². The van der Waals surface area contributed by atoms with Gasteiger partial charge < -0.3 is 10.2 Å². The smallest absolute Gasteiger partial charge is 0.426 e. The monoisotopic (exact) mass is 360 g/mol. The second-order valence-electron chi connectivity index (χ2n) is 6.88. The predicted molar refractivity (Wildman–Crippen MR) is 70.9 cm³/mol. The van der Waals surface area contributed by atoms with Crippen molar-refractivity contribution in [1.29, 1.82) is 0 Å². The van der Waals surface area contributed by atoms with Crippen LogP contribution in [0.1, 0.15) is 32.6 Å². The van der Waals surface area contributed by atoms with Crippen LogP contribution >= 0.6 is 0 Å². The minimum absolute atomic E-state index is 0.0215. The molecule has 24 heavy (non-hydrogen) atoms. The third-order valence-corrected chi connectivity index (χ3v) is 5.30. The topological polar surface area (TPSA) is 57.5 Å². The van der Waals surface area contributed by atoms with Crippen molar-refractivity contribution in [2.75, 3.05) is 0 Å². The zero-order chi connectivity index (χ0) is 18.5. The minimum atomic E-state index is -5.81. The number of alkyl halides is 6. The first-order chi connectivity index (χ1) is 10.8. The Labute approximate surface area is 134 Å². The molecule has 2 N–H and O–H groups in total. The number of aliphatic carboxylic acids is 1. The van der Waals surface area contributed by atoms with Gasteiger partial charge in [-0.05, 0) is 56.3 Å². The van der Waals surface area contributed by atoms with Crippen LogP contribution in [0, 0.1) is 23.7 Å². The van der Waals surface area contributed by atoms with Crippen LogP contribution in [0.15, 0.2) is 11.6 Å². The van der Waals surface area contributed by atoms with Crippen LogP contribution < -0.4 is 0 Å². The van der Waals surface area contributed by atoms with Crippen LogP contribution in [0.5, 0.6) is 0 Å². The Balaban J connectivity index is 2.22. The molecule has 2 aliphatic rings. The summed E-state index contributed by atoms with van der Waals surface area (Å²) in [5, 5.41) is 18.2. The van der Waals surface area contributed by atoms with E-state index in [0.717, 1.165) is 0 Å². The van der Waals surface area contributed by atoms with Gasteiger partial charge in [0.1, 0.15) is 0 Å². The summed E-state index contributed by atoms with van der Waals surface area (Å²) in [4.78, 5) is 10.9. The molecule has 0 spiro atoms. The molecule has 0 aromatic carbocycles. The highest BCUT2D eigenvalue weighted by molar-refractivity contribution is 5.85. The Morgan fingerprint density at radius 1 is 1.08 bits per heavy atom. The summed E-state index contributed by atoms with van der Waals surface area (Å²) in [5.74, 6) is -2.99. The van der Waals surface area contributed by atoms with E-state index in [1.165, 1.54) is 13.0 Å². The van der Waals surface area contributed by atoms with Crippen LogP contribution in [0.25, 0.3) is 0 Å². The van der Waals surface area contributed by atoms with Gasteiger partial charge in [0.05, 0.1) is 0 Å². The minimum Gasteiger partial charge on any atom is -0.478 e. The van der Waals surface area contributed by atoms with Crippen molar-refractivity contribution < 1.29 is 41.4 Å². The van der Waals surface area contributed by atoms with E-state index in [0.29, 0.717) is 12.8 Å². The predicted octanol–water partition coefficient (Wildman–Crippen LogP) is 3.93. The molecule has 138 valence electrons. The lowest BCUT2D eigenvalue weighted by Crippen LogP contribution is -2.58. The number of allylic oxidation sites excluding steroid dienone is 1. The van der Waals surface area contributed by atoms with Crippen LogP contribution in [-0.2, 0) is 4.79 Å². The lowest BCUT2D eigenvalue weighted by Gasteiger charge is -2.37. The van der Waals surface area contributed by atoms with Gasteiger partial charge in [0.2, 0.25) is 0 Å². The van der Waals surface area contributed by atoms with E-state index in [2.05, 4.69) is 0 Å². The molecule has 2 rings (SSSR count). The molecule has 4 unspecified atom stereocenters. The maximum atomic E-state index is 12.8. The fourth-order valence-electron chi connectivity index (χ4n) is 4.14. The number of rotatable bonds is 4. The van der Waals surface area contributed by atoms with E-state index in [1.807, 2.05) is 0 Å². The third kappa shape index (κ3) is 3.27. The Morgan fingerprint density at radius 2 is 1.62 bits per heavy atom. The molecular formula is C15H18F6O3. The molecule has 0 aliphatic heterocycles. The fourth-order valence-corrected chi connectivity index (χ4v) is 4.14. The van der Waals surface area contributed by atoms with Crippen LogP contribution in [-0.4, -0.2) is 34.1 Å². The van der Waals surface area contributed by atoms with E-state index in [1.54, 1.807) is 0 Å². The standard InChI is InChI=1S/C15H18F6O3/c1-7(12(22)23)2-9-3-8-4-10(11(9)5-8)6-13(24,14(16,17)18)15(19,20)21/h2,8-11,24H,3-6H2,1H3,(H,22,23)/b7-2+. The summed E-state index contributed by atoms with van der Waals surface area (Å²) >= 11 is 0. The van der Waals surface area contributed by atoms with Gasteiger partial charge in [0.15, 0.2) is 0 Å². The number of fused-ring (bicyclic) bond motifs is 2. The zero-order valence-corrected chi connectivity index (χ0v) is 12.8. The number of carbonyl (C=O) groups is 1. The highest BCUT2D eigenvalue weighted by Crippen LogP contribution is 2.57. The van der Waals surface area contributed by atoms with E-state index in [4.69, 9.17) is 5.11 Å². The molecule has 0 amide bonds. The van der Waals surface area contributed by atoms with Crippen molar-refractivity contribution in [1.82, 2.24) is 0 Å². The first-order valence-electron chi connectivity index (χ1n) is 7.54. The van der Waals surface area contributed by atoms with Crippen LogP contribution in [0.3, 0.4) is 0 Å². The number of carboxylic acids is 1. The highest BCUT2D eigenvalue weighted by Gasteiger charge is 2.71. The molecule has 2 bridgehead atoms. The number of hydrogen-bond donors (Lipinski definition) is 2. The molecule has 2 aliphatic carbocycles. The molecule has 0 aromatic rings. The van der Waals surface area contributed by atoms with Crippen molar-refractivity contribution in [2.45, 2.75) is 50.6 Å². The van der Waals surface area contributed by atoms with Crippen molar-refractivity contribution in [2.24, 2.45) is 23.7 Å². The van der Waals surface area contributed by atoms with Gasteiger partial charge in [-0.25, -0.2) is 4.79 Å². The Morgan fingerprint density at radius 3 is 2.04 bits per heavy atom.